The van der Waals surface area contributed by atoms with Crippen LogP contribution in [0.3, 0.4) is 0 Å². The van der Waals surface area contributed by atoms with E-state index in [2.05, 4.69) is 0 Å². The molecule has 0 aliphatic heterocycles. The minimum absolute atomic E-state index is 0.0414. The van der Waals surface area contributed by atoms with Crippen LogP contribution in [-0.4, -0.2) is 35.7 Å². The van der Waals surface area contributed by atoms with Crippen molar-refractivity contribution in [3.8, 4) is 0 Å². The molecule has 0 saturated carbocycles. The molecule has 2 unspecified atom stereocenters. The first-order valence-corrected chi connectivity index (χ1v) is 9.79. The molecule has 2 aromatic rings. The van der Waals surface area contributed by atoms with E-state index < -0.39 is 0 Å². The summed E-state index contributed by atoms with van der Waals surface area (Å²) in [4.78, 5) is 29.7. The molecule has 0 aromatic heterocycles. The van der Waals surface area contributed by atoms with Crippen molar-refractivity contribution in [1.29, 1.82) is 0 Å². The molecule has 28 heavy (non-hydrogen) atoms. The smallest absolute Gasteiger partial charge is 0.226 e. The van der Waals surface area contributed by atoms with Crippen LogP contribution in [-0.2, 0) is 22.7 Å². The monoisotopic (exact) mass is 376 g/mol. The summed E-state index contributed by atoms with van der Waals surface area (Å²) >= 11 is 0. The molecular formula is C24H28N2O2. The summed E-state index contributed by atoms with van der Waals surface area (Å²) in [5.74, 6) is -0.520. The normalized spacial score (nSPS) is 18.5. The van der Waals surface area contributed by atoms with Gasteiger partial charge in [-0.3, -0.25) is 9.59 Å². The topological polar surface area (TPSA) is 40.6 Å². The van der Waals surface area contributed by atoms with Gasteiger partial charge in [0, 0.05) is 27.2 Å². The third-order valence-electron chi connectivity index (χ3n) is 5.34. The Morgan fingerprint density at radius 2 is 1.07 bits per heavy atom. The number of carbonyl (C=O) groups is 2. The molecule has 3 rings (SSSR count). The molecule has 146 valence electrons. The molecule has 0 spiro atoms. The minimum Gasteiger partial charge on any atom is -0.341 e. The second-order valence-electron chi connectivity index (χ2n) is 7.52. The van der Waals surface area contributed by atoms with Gasteiger partial charge in [-0.05, 0) is 24.0 Å². The minimum atomic E-state index is -0.301. The maximum Gasteiger partial charge on any atom is 0.226 e. The fourth-order valence-corrected chi connectivity index (χ4v) is 3.80. The van der Waals surface area contributed by atoms with Crippen molar-refractivity contribution in [3.05, 3.63) is 83.9 Å². The Balaban J connectivity index is 1.68. The number of hydrogen-bond acceptors (Lipinski definition) is 2. The van der Waals surface area contributed by atoms with Crippen LogP contribution in [0.1, 0.15) is 24.0 Å². The number of amides is 2. The van der Waals surface area contributed by atoms with Crippen LogP contribution < -0.4 is 0 Å². The highest BCUT2D eigenvalue weighted by Gasteiger charge is 2.36. The predicted octanol–water partition coefficient (Wildman–Crippen LogP) is 3.89. The van der Waals surface area contributed by atoms with Crippen LogP contribution in [0.4, 0.5) is 0 Å². The van der Waals surface area contributed by atoms with Crippen molar-refractivity contribution >= 4 is 11.8 Å². The summed E-state index contributed by atoms with van der Waals surface area (Å²) in [6.45, 7) is 1.11. The largest absolute Gasteiger partial charge is 0.341 e. The van der Waals surface area contributed by atoms with E-state index in [1.54, 1.807) is 9.80 Å². The molecule has 2 atom stereocenters. The molecule has 2 amide bonds. The van der Waals surface area contributed by atoms with Gasteiger partial charge >= 0.3 is 0 Å². The van der Waals surface area contributed by atoms with Gasteiger partial charge in [-0.25, -0.2) is 0 Å². The van der Waals surface area contributed by atoms with Crippen LogP contribution in [0, 0.1) is 11.8 Å². The van der Waals surface area contributed by atoms with Gasteiger partial charge < -0.3 is 9.80 Å². The standard InChI is InChI=1S/C24H28N2O2/c1-25(17-19-11-5-3-6-12-19)23(27)21-15-9-10-16-22(21)24(28)26(2)18-20-13-7-4-8-14-20/h3-14,21-22H,15-18H2,1-2H3. The summed E-state index contributed by atoms with van der Waals surface area (Å²) in [5, 5.41) is 0. The quantitative estimate of drug-likeness (QED) is 0.718. The zero-order chi connectivity index (χ0) is 19.9. The van der Waals surface area contributed by atoms with E-state index in [4.69, 9.17) is 0 Å². The average molecular weight is 377 g/mol. The van der Waals surface area contributed by atoms with E-state index in [9.17, 15) is 9.59 Å². The third-order valence-corrected chi connectivity index (χ3v) is 5.34. The zero-order valence-electron chi connectivity index (χ0n) is 16.6. The SMILES string of the molecule is CN(Cc1ccccc1)C(=O)C1CC=CCC1C(=O)N(C)Cc1ccccc1. The lowest BCUT2D eigenvalue weighted by molar-refractivity contribution is -0.145. The number of rotatable bonds is 6. The fourth-order valence-electron chi connectivity index (χ4n) is 3.80. The predicted molar refractivity (Wildman–Crippen MR) is 111 cm³/mol. The lowest BCUT2D eigenvalue weighted by Gasteiger charge is -2.33. The van der Waals surface area contributed by atoms with Gasteiger partial charge in [-0.1, -0.05) is 72.8 Å². The highest BCUT2D eigenvalue weighted by atomic mass is 16.2. The second kappa shape index (κ2) is 9.36. The molecular weight excluding hydrogens is 348 g/mol. The highest BCUT2D eigenvalue weighted by molar-refractivity contribution is 5.88. The van der Waals surface area contributed by atoms with Crippen LogP contribution >= 0.6 is 0 Å². The maximum atomic E-state index is 13.1. The van der Waals surface area contributed by atoms with Crippen LogP contribution in [0.25, 0.3) is 0 Å². The van der Waals surface area contributed by atoms with Gasteiger partial charge in [0.1, 0.15) is 0 Å². The Labute approximate surface area is 167 Å². The Kier molecular flexibility index (Phi) is 6.64. The molecule has 1 aliphatic carbocycles. The number of hydrogen-bond donors (Lipinski definition) is 0. The van der Waals surface area contributed by atoms with Gasteiger partial charge in [0.05, 0.1) is 11.8 Å². The molecule has 0 bridgehead atoms. The van der Waals surface area contributed by atoms with Crippen molar-refractivity contribution in [3.63, 3.8) is 0 Å². The summed E-state index contributed by atoms with van der Waals surface area (Å²) < 4.78 is 0. The van der Waals surface area contributed by atoms with Crippen LogP contribution in [0.15, 0.2) is 72.8 Å². The molecule has 2 aromatic carbocycles. The highest BCUT2D eigenvalue weighted by Crippen LogP contribution is 2.29. The summed E-state index contributed by atoms with van der Waals surface area (Å²) in [6.07, 6.45) is 5.29. The number of nitrogens with zero attached hydrogens (tertiary/aromatic N) is 2. The van der Waals surface area contributed by atoms with Crippen LogP contribution in [0.2, 0.25) is 0 Å². The van der Waals surface area contributed by atoms with Gasteiger partial charge in [0.2, 0.25) is 11.8 Å². The molecule has 4 nitrogen and oxygen atoms in total. The molecule has 0 heterocycles. The summed E-state index contributed by atoms with van der Waals surface area (Å²) in [6, 6.07) is 19.9. The fraction of sp³-hybridized carbons (Fsp3) is 0.333. The first-order chi connectivity index (χ1) is 13.6. The van der Waals surface area contributed by atoms with E-state index >= 15 is 0 Å². The van der Waals surface area contributed by atoms with Crippen molar-refractivity contribution < 1.29 is 9.59 Å². The molecule has 1 aliphatic rings. The van der Waals surface area contributed by atoms with Crippen LogP contribution in [0.5, 0.6) is 0 Å². The Morgan fingerprint density at radius 1 is 0.714 bits per heavy atom. The van der Waals surface area contributed by atoms with Crippen molar-refractivity contribution in [2.24, 2.45) is 11.8 Å². The third kappa shape index (κ3) is 4.89. The zero-order valence-corrected chi connectivity index (χ0v) is 16.6. The lowest BCUT2D eigenvalue weighted by Crippen LogP contribution is -2.43. The molecule has 0 fully saturated rings. The van der Waals surface area contributed by atoms with E-state index in [-0.39, 0.29) is 23.7 Å². The summed E-state index contributed by atoms with van der Waals surface area (Å²) in [7, 11) is 3.64. The first kappa shape index (κ1) is 19.9. The van der Waals surface area contributed by atoms with E-state index in [1.165, 1.54) is 0 Å². The Morgan fingerprint density at radius 3 is 1.43 bits per heavy atom. The van der Waals surface area contributed by atoms with E-state index in [0.29, 0.717) is 25.9 Å². The number of benzene rings is 2. The lowest BCUT2D eigenvalue weighted by atomic mass is 9.81. The van der Waals surface area contributed by atoms with Gasteiger partial charge in [0.25, 0.3) is 0 Å². The average Bonchev–Trinajstić information content (AvgIpc) is 2.74. The molecule has 0 radical (unpaired) electrons. The maximum absolute atomic E-state index is 13.1. The number of allylic oxidation sites excluding steroid dienone is 2. The molecule has 0 saturated heterocycles. The Hall–Kier alpha value is -2.88. The van der Waals surface area contributed by atoms with Crippen molar-refractivity contribution in [1.82, 2.24) is 9.80 Å². The van der Waals surface area contributed by atoms with Gasteiger partial charge in [0.15, 0.2) is 0 Å². The Bertz CT molecular complexity index is 748. The number of carbonyl (C=O) groups excluding carboxylic acids is 2. The van der Waals surface area contributed by atoms with Crippen molar-refractivity contribution in [2.45, 2.75) is 25.9 Å². The van der Waals surface area contributed by atoms with Crippen molar-refractivity contribution in [2.75, 3.05) is 14.1 Å². The molecule has 4 heteroatoms. The van der Waals surface area contributed by atoms with Gasteiger partial charge in [-0.2, -0.15) is 0 Å². The van der Waals surface area contributed by atoms with E-state index in [1.807, 2.05) is 86.9 Å². The second-order valence-corrected chi connectivity index (χ2v) is 7.52. The summed E-state index contributed by atoms with van der Waals surface area (Å²) in [5.41, 5.74) is 2.18. The molecule has 0 N–H and O–H groups in total. The van der Waals surface area contributed by atoms with Gasteiger partial charge in [-0.15, -0.1) is 0 Å². The van der Waals surface area contributed by atoms with E-state index in [0.717, 1.165) is 11.1 Å². The first-order valence-electron chi connectivity index (χ1n) is 9.79.